The van der Waals surface area contributed by atoms with Crippen molar-refractivity contribution in [1.82, 2.24) is 0 Å². The van der Waals surface area contributed by atoms with Crippen molar-refractivity contribution in [1.29, 1.82) is 0 Å². The first-order valence-electron chi connectivity index (χ1n) is 4.97. The van der Waals surface area contributed by atoms with Crippen molar-refractivity contribution < 1.29 is 0 Å². The van der Waals surface area contributed by atoms with Crippen LogP contribution in [0.1, 0.15) is 26.3 Å². The first-order valence-corrected chi connectivity index (χ1v) is 5.76. The number of nitrogens with two attached hydrogens (primary N) is 1. The van der Waals surface area contributed by atoms with Crippen LogP contribution in [0.15, 0.2) is 28.7 Å². The van der Waals surface area contributed by atoms with Gasteiger partial charge in [-0.1, -0.05) is 48.8 Å². The molecule has 0 saturated carbocycles. The summed E-state index contributed by atoms with van der Waals surface area (Å²) in [5.74, 6) is 0.543. The standard InChI is InChI=1S/C12H18BrN/c1-9(2)12(3,8-14)10-5-4-6-11(13)7-10/h4-7,9H,8,14H2,1-3H3. The van der Waals surface area contributed by atoms with E-state index in [-0.39, 0.29) is 5.41 Å². The van der Waals surface area contributed by atoms with Gasteiger partial charge in [0.15, 0.2) is 0 Å². The van der Waals surface area contributed by atoms with Gasteiger partial charge in [-0.05, 0) is 23.6 Å². The maximum atomic E-state index is 5.87. The molecule has 78 valence electrons. The zero-order valence-corrected chi connectivity index (χ0v) is 10.6. The molecule has 1 aromatic carbocycles. The minimum Gasteiger partial charge on any atom is -0.330 e. The van der Waals surface area contributed by atoms with Gasteiger partial charge in [-0.25, -0.2) is 0 Å². The van der Waals surface area contributed by atoms with Gasteiger partial charge in [0.25, 0.3) is 0 Å². The first kappa shape index (κ1) is 11.7. The lowest BCUT2D eigenvalue weighted by Crippen LogP contribution is -2.37. The van der Waals surface area contributed by atoms with Crippen molar-refractivity contribution in [2.75, 3.05) is 6.54 Å². The Balaban J connectivity index is 3.12. The van der Waals surface area contributed by atoms with Crippen LogP contribution in [-0.4, -0.2) is 6.54 Å². The van der Waals surface area contributed by atoms with E-state index in [2.05, 4.69) is 54.9 Å². The van der Waals surface area contributed by atoms with Gasteiger partial charge >= 0.3 is 0 Å². The fraction of sp³-hybridized carbons (Fsp3) is 0.500. The van der Waals surface area contributed by atoms with Crippen molar-refractivity contribution in [3.63, 3.8) is 0 Å². The number of hydrogen-bond acceptors (Lipinski definition) is 1. The van der Waals surface area contributed by atoms with Gasteiger partial charge < -0.3 is 5.73 Å². The second-order valence-electron chi connectivity index (χ2n) is 4.29. The Morgan fingerprint density at radius 1 is 1.43 bits per heavy atom. The molecule has 0 aliphatic carbocycles. The number of hydrogen-bond donors (Lipinski definition) is 1. The van der Waals surface area contributed by atoms with Crippen molar-refractivity contribution in [2.24, 2.45) is 11.7 Å². The smallest absolute Gasteiger partial charge is 0.0178 e. The average Bonchev–Trinajstić information content (AvgIpc) is 2.16. The minimum atomic E-state index is 0.0732. The van der Waals surface area contributed by atoms with Gasteiger partial charge in [-0.15, -0.1) is 0 Å². The van der Waals surface area contributed by atoms with E-state index in [1.807, 2.05) is 6.07 Å². The molecule has 0 bridgehead atoms. The molecule has 0 radical (unpaired) electrons. The van der Waals surface area contributed by atoms with Gasteiger partial charge in [0.1, 0.15) is 0 Å². The molecular weight excluding hydrogens is 238 g/mol. The molecule has 2 heteroatoms. The summed E-state index contributed by atoms with van der Waals surface area (Å²) >= 11 is 3.49. The predicted octanol–water partition coefficient (Wildman–Crippen LogP) is 3.32. The highest BCUT2D eigenvalue weighted by Crippen LogP contribution is 2.32. The second kappa shape index (κ2) is 4.45. The quantitative estimate of drug-likeness (QED) is 0.882. The Morgan fingerprint density at radius 2 is 2.07 bits per heavy atom. The number of benzene rings is 1. The molecule has 2 N–H and O–H groups in total. The maximum Gasteiger partial charge on any atom is 0.0178 e. The normalized spacial score (nSPS) is 15.6. The summed E-state index contributed by atoms with van der Waals surface area (Å²) in [5, 5.41) is 0. The monoisotopic (exact) mass is 255 g/mol. The first-order chi connectivity index (χ1) is 6.50. The Kier molecular flexibility index (Phi) is 3.73. The molecule has 0 amide bonds. The van der Waals surface area contributed by atoms with E-state index < -0.39 is 0 Å². The zero-order chi connectivity index (χ0) is 10.8. The third kappa shape index (κ3) is 2.18. The highest BCUT2D eigenvalue weighted by atomic mass is 79.9. The summed E-state index contributed by atoms with van der Waals surface area (Å²) in [7, 11) is 0. The molecule has 0 fully saturated rings. The third-order valence-corrected chi connectivity index (χ3v) is 3.68. The molecule has 1 atom stereocenters. The predicted molar refractivity (Wildman–Crippen MR) is 65.4 cm³/mol. The summed E-state index contributed by atoms with van der Waals surface area (Å²) in [6.07, 6.45) is 0. The third-order valence-electron chi connectivity index (χ3n) is 3.18. The van der Waals surface area contributed by atoms with Crippen LogP contribution in [0.4, 0.5) is 0 Å². The van der Waals surface area contributed by atoms with E-state index in [0.29, 0.717) is 12.5 Å². The molecule has 0 aliphatic rings. The molecule has 0 aromatic heterocycles. The van der Waals surface area contributed by atoms with Crippen LogP contribution in [-0.2, 0) is 5.41 Å². The van der Waals surface area contributed by atoms with E-state index in [1.54, 1.807) is 0 Å². The molecule has 0 spiro atoms. The molecule has 1 nitrogen and oxygen atoms in total. The van der Waals surface area contributed by atoms with Crippen molar-refractivity contribution in [3.05, 3.63) is 34.3 Å². The molecule has 1 rings (SSSR count). The van der Waals surface area contributed by atoms with Crippen molar-refractivity contribution >= 4 is 15.9 Å². The fourth-order valence-electron chi connectivity index (χ4n) is 1.53. The number of rotatable bonds is 3. The number of halogens is 1. The fourth-order valence-corrected chi connectivity index (χ4v) is 1.93. The van der Waals surface area contributed by atoms with Gasteiger partial charge in [-0.3, -0.25) is 0 Å². The Bertz CT molecular complexity index is 309. The summed E-state index contributed by atoms with van der Waals surface area (Å²) < 4.78 is 1.12. The second-order valence-corrected chi connectivity index (χ2v) is 5.20. The van der Waals surface area contributed by atoms with Crippen molar-refractivity contribution in [3.8, 4) is 0 Å². The SMILES string of the molecule is CC(C)C(C)(CN)c1cccc(Br)c1. The van der Waals surface area contributed by atoms with Crippen LogP contribution < -0.4 is 5.73 Å². The summed E-state index contributed by atoms with van der Waals surface area (Å²) in [6.45, 7) is 7.34. The summed E-state index contributed by atoms with van der Waals surface area (Å²) in [4.78, 5) is 0. The van der Waals surface area contributed by atoms with Crippen molar-refractivity contribution in [2.45, 2.75) is 26.2 Å². The van der Waals surface area contributed by atoms with Gasteiger partial charge in [-0.2, -0.15) is 0 Å². The molecule has 1 aromatic rings. The van der Waals surface area contributed by atoms with Crippen LogP contribution in [0.25, 0.3) is 0 Å². The van der Waals surface area contributed by atoms with E-state index >= 15 is 0 Å². The topological polar surface area (TPSA) is 26.0 Å². The largest absolute Gasteiger partial charge is 0.330 e. The Labute approximate surface area is 94.8 Å². The molecule has 14 heavy (non-hydrogen) atoms. The molecule has 0 saturated heterocycles. The van der Waals surface area contributed by atoms with E-state index in [1.165, 1.54) is 5.56 Å². The van der Waals surface area contributed by atoms with Crippen LogP contribution in [0.5, 0.6) is 0 Å². The van der Waals surface area contributed by atoms with Gasteiger partial charge in [0, 0.05) is 16.4 Å². The van der Waals surface area contributed by atoms with Crippen LogP contribution in [0.3, 0.4) is 0 Å². The highest BCUT2D eigenvalue weighted by Gasteiger charge is 2.28. The lowest BCUT2D eigenvalue weighted by atomic mass is 9.73. The zero-order valence-electron chi connectivity index (χ0n) is 9.05. The maximum absolute atomic E-state index is 5.87. The highest BCUT2D eigenvalue weighted by molar-refractivity contribution is 9.10. The summed E-state index contributed by atoms with van der Waals surface area (Å²) in [5.41, 5.74) is 7.26. The minimum absolute atomic E-state index is 0.0732. The summed E-state index contributed by atoms with van der Waals surface area (Å²) in [6, 6.07) is 8.42. The molecule has 1 unspecified atom stereocenters. The molecular formula is C12H18BrN. The average molecular weight is 256 g/mol. The lowest BCUT2D eigenvalue weighted by Gasteiger charge is -2.33. The van der Waals surface area contributed by atoms with Crippen LogP contribution >= 0.6 is 15.9 Å². The van der Waals surface area contributed by atoms with Crippen LogP contribution in [0, 0.1) is 5.92 Å². The van der Waals surface area contributed by atoms with E-state index in [0.717, 1.165) is 4.47 Å². The molecule has 0 aliphatic heterocycles. The van der Waals surface area contributed by atoms with E-state index in [4.69, 9.17) is 5.73 Å². The van der Waals surface area contributed by atoms with Gasteiger partial charge in [0.2, 0.25) is 0 Å². The van der Waals surface area contributed by atoms with E-state index in [9.17, 15) is 0 Å². The molecule has 0 heterocycles. The van der Waals surface area contributed by atoms with Gasteiger partial charge in [0.05, 0.1) is 0 Å². The lowest BCUT2D eigenvalue weighted by molar-refractivity contribution is 0.347. The Hall–Kier alpha value is -0.340. The van der Waals surface area contributed by atoms with Crippen LogP contribution in [0.2, 0.25) is 0 Å². The Morgan fingerprint density at radius 3 is 2.50 bits per heavy atom.